The molecule has 0 aliphatic carbocycles. The molecular formula is C20H26N2O2. The Morgan fingerprint density at radius 3 is 1.92 bits per heavy atom. The Morgan fingerprint density at radius 1 is 0.958 bits per heavy atom. The Hall–Kier alpha value is -1.72. The standard InChI is InChI=1S/C20H26N2O2/c21-13-16-22-14-11-19(12-15-22)24-20(23,17-7-3-1-4-8-17)18-9-5-2-6-10-18/h1-10,19,23H,11-16,21H2. The van der Waals surface area contributed by atoms with Gasteiger partial charge in [-0.1, -0.05) is 60.7 Å². The molecule has 0 unspecified atom stereocenters. The van der Waals surface area contributed by atoms with E-state index in [1.165, 1.54) is 0 Å². The third-order valence-electron chi connectivity index (χ3n) is 4.65. The molecule has 4 heteroatoms. The van der Waals surface area contributed by atoms with Crippen LogP contribution in [0.1, 0.15) is 24.0 Å². The highest BCUT2D eigenvalue weighted by molar-refractivity contribution is 5.33. The zero-order chi connectivity index (χ0) is 16.8. The van der Waals surface area contributed by atoms with Gasteiger partial charge in [-0.25, -0.2) is 0 Å². The molecule has 2 aromatic rings. The normalized spacial score (nSPS) is 17.1. The van der Waals surface area contributed by atoms with Crippen LogP contribution in [-0.4, -0.2) is 42.3 Å². The topological polar surface area (TPSA) is 58.7 Å². The summed E-state index contributed by atoms with van der Waals surface area (Å²) in [7, 11) is 0. The molecule has 3 N–H and O–H groups in total. The molecular weight excluding hydrogens is 300 g/mol. The summed E-state index contributed by atoms with van der Waals surface area (Å²) in [5.74, 6) is -1.41. The van der Waals surface area contributed by atoms with Crippen LogP contribution in [0.15, 0.2) is 60.7 Å². The Balaban J connectivity index is 1.79. The molecule has 1 saturated heterocycles. The fourth-order valence-corrected chi connectivity index (χ4v) is 3.31. The Labute approximate surface area is 143 Å². The monoisotopic (exact) mass is 326 g/mol. The van der Waals surface area contributed by atoms with Crippen LogP contribution in [0.3, 0.4) is 0 Å². The molecule has 0 amide bonds. The number of hydrogen-bond acceptors (Lipinski definition) is 4. The molecule has 0 radical (unpaired) electrons. The van der Waals surface area contributed by atoms with Crippen molar-refractivity contribution in [3.05, 3.63) is 71.8 Å². The third-order valence-corrected chi connectivity index (χ3v) is 4.65. The van der Waals surface area contributed by atoms with Crippen LogP contribution in [0.4, 0.5) is 0 Å². The molecule has 0 atom stereocenters. The number of likely N-dealkylation sites (tertiary alicyclic amines) is 1. The molecule has 0 bridgehead atoms. The van der Waals surface area contributed by atoms with E-state index >= 15 is 0 Å². The lowest BCUT2D eigenvalue weighted by Gasteiger charge is -2.37. The van der Waals surface area contributed by atoms with Gasteiger partial charge in [0.1, 0.15) is 0 Å². The Morgan fingerprint density at radius 2 is 1.46 bits per heavy atom. The average molecular weight is 326 g/mol. The quantitative estimate of drug-likeness (QED) is 0.800. The van der Waals surface area contributed by atoms with E-state index in [4.69, 9.17) is 10.5 Å². The summed E-state index contributed by atoms with van der Waals surface area (Å²) in [6.07, 6.45) is 1.84. The lowest BCUT2D eigenvalue weighted by molar-refractivity contribution is -0.217. The molecule has 24 heavy (non-hydrogen) atoms. The van der Waals surface area contributed by atoms with E-state index in [1.807, 2.05) is 60.7 Å². The van der Waals surface area contributed by atoms with Crippen LogP contribution in [0, 0.1) is 0 Å². The van der Waals surface area contributed by atoms with Crippen molar-refractivity contribution in [2.24, 2.45) is 5.73 Å². The van der Waals surface area contributed by atoms with E-state index < -0.39 is 5.79 Å². The minimum Gasteiger partial charge on any atom is -0.358 e. The van der Waals surface area contributed by atoms with E-state index in [2.05, 4.69) is 4.90 Å². The Kier molecular flexibility index (Phi) is 5.63. The first kappa shape index (κ1) is 17.1. The van der Waals surface area contributed by atoms with Gasteiger partial charge < -0.3 is 20.5 Å². The van der Waals surface area contributed by atoms with Crippen molar-refractivity contribution in [1.82, 2.24) is 4.90 Å². The maximum atomic E-state index is 11.4. The number of aliphatic hydroxyl groups is 1. The molecule has 0 saturated carbocycles. The van der Waals surface area contributed by atoms with Crippen molar-refractivity contribution in [3.63, 3.8) is 0 Å². The van der Waals surface area contributed by atoms with Crippen LogP contribution in [0.5, 0.6) is 0 Å². The van der Waals surface area contributed by atoms with Crippen molar-refractivity contribution in [2.75, 3.05) is 26.2 Å². The average Bonchev–Trinajstić information content (AvgIpc) is 2.65. The number of hydrogen-bond donors (Lipinski definition) is 2. The number of nitrogens with two attached hydrogens (primary N) is 1. The molecule has 0 aromatic heterocycles. The second-order valence-electron chi connectivity index (χ2n) is 6.32. The van der Waals surface area contributed by atoms with Gasteiger partial charge in [0.15, 0.2) is 0 Å². The van der Waals surface area contributed by atoms with Gasteiger partial charge in [0.05, 0.1) is 6.10 Å². The molecule has 2 aromatic carbocycles. The minimum absolute atomic E-state index is 0.0319. The zero-order valence-electron chi connectivity index (χ0n) is 14.0. The largest absolute Gasteiger partial charge is 0.358 e. The highest BCUT2D eigenvalue weighted by atomic mass is 16.6. The van der Waals surface area contributed by atoms with E-state index in [1.54, 1.807) is 0 Å². The van der Waals surface area contributed by atoms with Gasteiger partial charge in [0.25, 0.3) is 0 Å². The summed E-state index contributed by atoms with van der Waals surface area (Å²) in [6, 6.07) is 19.3. The van der Waals surface area contributed by atoms with E-state index in [-0.39, 0.29) is 6.10 Å². The highest BCUT2D eigenvalue weighted by Crippen LogP contribution is 2.34. The first-order valence-corrected chi connectivity index (χ1v) is 8.66. The molecule has 1 aliphatic rings. The summed E-state index contributed by atoms with van der Waals surface area (Å²) >= 11 is 0. The van der Waals surface area contributed by atoms with Gasteiger partial charge in [0, 0.05) is 37.3 Å². The SMILES string of the molecule is NCCN1CCC(OC(O)(c2ccccc2)c2ccccc2)CC1. The van der Waals surface area contributed by atoms with Crippen molar-refractivity contribution in [1.29, 1.82) is 0 Å². The molecule has 1 heterocycles. The van der Waals surface area contributed by atoms with Crippen LogP contribution in [0.25, 0.3) is 0 Å². The fourth-order valence-electron chi connectivity index (χ4n) is 3.31. The zero-order valence-corrected chi connectivity index (χ0v) is 14.0. The van der Waals surface area contributed by atoms with E-state index in [0.29, 0.717) is 6.54 Å². The highest BCUT2D eigenvalue weighted by Gasteiger charge is 2.36. The van der Waals surface area contributed by atoms with Crippen molar-refractivity contribution in [2.45, 2.75) is 24.7 Å². The fraction of sp³-hybridized carbons (Fsp3) is 0.400. The third kappa shape index (κ3) is 3.84. The summed E-state index contributed by atoms with van der Waals surface area (Å²) in [6.45, 7) is 3.53. The predicted octanol–water partition coefficient (Wildman–Crippen LogP) is 2.32. The lowest BCUT2D eigenvalue weighted by atomic mass is 9.96. The number of benzene rings is 2. The maximum absolute atomic E-state index is 11.4. The van der Waals surface area contributed by atoms with Crippen molar-refractivity contribution < 1.29 is 9.84 Å². The van der Waals surface area contributed by atoms with Crippen molar-refractivity contribution in [3.8, 4) is 0 Å². The van der Waals surface area contributed by atoms with Gasteiger partial charge in [-0.2, -0.15) is 0 Å². The molecule has 1 fully saturated rings. The van der Waals surface area contributed by atoms with Crippen LogP contribution < -0.4 is 5.73 Å². The smallest absolute Gasteiger partial charge is 0.220 e. The van der Waals surface area contributed by atoms with Gasteiger partial charge in [-0.3, -0.25) is 0 Å². The van der Waals surface area contributed by atoms with E-state index in [9.17, 15) is 5.11 Å². The first-order chi connectivity index (χ1) is 11.7. The van der Waals surface area contributed by atoms with E-state index in [0.717, 1.165) is 43.6 Å². The first-order valence-electron chi connectivity index (χ1n) is 8.66. The summed E-state index contributed by atoms with van der Waals surface area (Å²) in [5.41, 5.74) is 7.16. The summed E-state index contributed by atoms with van der Waals surface area (Å²) in [4.78, 5) is 2.35. The Bertz CT molecular complexity index is 571. The number of rotatable bonds is 6. The number of piperidine rings is 1. The molecule has 4 nitrogen and oxygen atoms in total. The summed E-state index contributed by atoms with van der Waals surface area (Å²) < 4.78 is 6.28. The minimum atomic E-state index is -1.41. The number of ether oxygens (including phenoxy) is 1. The number of nitrogens with zero attached hydrogens (tertiary/aromatic N) is 1. The van der Waals surface area contributed by atoms with Gasteiger partial charge in [-0.15, -0.1) is 0 Å². The molecule has 128 valence electrons. The lowest BCUT2D eigenvalue weighted by Crippen LogP contribution is -2.43. The maximum Gasteiger partial charge on any atom is 0.220 e. The predicted molar refractivity (Wildman–Crippen MR) is 95.5 cm³/mol. The van der Waals surface area contributed by atoms with Crippen LogP contribution >= 0.6 is 0 Å². The summed E-state index contributed by atoms with van der Waals surface area (Å²) in [5, 5.41) is 11.4. The molecule has 3 rings (SSSR count). The molecule has 0 spiro atoms. The van der Waals surface area contributed by atoms with Crippen LogP contribution in [0.2, 0.25) is 0 Å². The second-order valence-corrected chi connectivity index (χ2v) is 6.32. The van der Waals surface area contributed by atoms with Crippen molar-refractivity contribution >= 4 is 0 Å². The van der Waals surface area contributed by atoms with Gasteiger partial charge in [0.2, 0.25) is 5.79 Å². The molecule has 1 aliphatic heterocycles. The van der Waals surface area contributed by atoms with Gasteiger partial charge >= 0.3 is 0 Å². The second kappa shape index (κ2) is 7.90. The van der Waals surface area contributed by atoms with Gasteiger partial charge in [-0.05, 0) is 12.8 Å². The van der Waals surface area contributed by atoms with Crippen LogP contribution in [-0.2, 0) is 10.5 Å².